The topological polar surface area (TPSA) is 119 Å². The molecule has 1 unspecified atom stereocenters. The van der Waals surface area contributed by atoms with Gasteiger partial charge in [-0.2, -0.15) is 0 Å². The maximum absolute atomic E-state index is 12.9. The highest BCUT2D eigenvalue weighted by Crippen LogP contribution is 2.18. The van der Waals surface area contributed by atoms with E-state index in [-0.39, 0.29) is 36.4 Å². The Balaban J connectivity index is 1.86. The number of hydrogen-bond donors (Lipinski definition) is 2. The largest absolute Gasteiger partial charge is 0.444 e. The van der Waals surface area contributed by atoms with Gasteiger partial charge in [-0.05, 0) is 39.7 Å². The molecule has 0 radical (unpaired) electrons. The van der Waals surface area contributed by atoms with Crippen LogP contribution in [-0.2, 0) is 20.8 Å². The van der Waals surface area contributed by atoms with E-state index in [1.165, 1.54) is 22.9 Å². The van der Waals surface area contributed by atoms with Crippen molar-refractivity contribution in [2.45, 2.75) is 45.8 Å². The maximum Gasteiger partial charge on any atom is 0.407 e. The van der Waals surface area contributed by atoms with Crippen molar-refractivity contribution in [2.24, 2.45) is 5.92 Å². The van der Waals surface area contributed by atoms with Crippen LogP contribution in [0.4, 0.5) is 4.79 Å². The van der Waals surface area contributed by atoms with Gasteiger partial charge in [0.05, 0.1) is 18.1 Å². The molecule has 0 saturated carbocycles. The molecule has 1 aliphatic rings. The van der Waals surface area contributed by atoms with Gasteiger partial charge in [-0.25, -0.2) is 4.79 Å². The van der Waals surface area contributed by atoms with Crippen molar-refractivity contribution in [3.63, 3.8) is 0 Å². The molecule has 0 bridgehead atoms. The van der Waals surface area contributed by atoms with E-state index in [0.717, 1.165) is 0 Å². The van der Waals surface area contributed by atoms with Gasteiger partial charge >= 0.3 is 6.09 Å². The van der Waals surface area contributed by atoms with Gasteiger partial charge in [-0.15, -0.1) is 0 Å². The number of carbonyl (C=O) groups excluding carboxylic acids is 3. The number of alkyl carbamates (subject to hydrolysis) is 1. The number of amides is 3. The first-order chi connectivity index (χ1) is 15.1. The predicted octanol–water partition coefficient (Wildman–Crippen LogP) is 0.988. The summed E-state index contributed by atoms with van der Waals surface area (Å²) in [5.74, 6) is -0.688. The van der Waals surface area contributed by atoms with E-state index in [1.807, 2.05) is 0 Å². The SMILES string of the molecule is COCCn1cc(C(=O)N2CCCC(C(=O)NCCNC(=O)OC(C)(C)C)C2)ccc1=O. The summed E-state index contributed by atoms with van der Waals surface area (Å²) in [7, 11) is 1.55. The first kappa shape index (κ1) is 25.4. The molecule has 10 nitrogen and oxygen atoms in total. The highest BCUT2D eigenvalue weighted by atomic mass is 16.6. The van der Waals surface area contributed by atoms with Gasteiger partial charge < -0.3 is 29.6 Å². The van der Waals surface area contributed by atoms with Crippen LogP contribution in [0.5, 0.6) is 0 Å². The monoisotopic (exact) mass is 450 g/mol. The van der Waals surface area contributed by atoms with Crippen LogP contribution in [0.25, 0.3) is 0 Å². The number of nitrogens with one attached hydrogen (secondary N) is 2. The van der Waals surface area contributed by atoms with Crippen molar-refractivity contribution in [3.8, 4) is 0 Å². The minimum absolute atomic E-state index is 0.154. The molecule has 1 aromatic rings. The lowest BCUT2D eigenvalue weighted by atomic mass is 9.96. The molecule has 2 rings (SSSR count). The number of likely N-dealkylation sites (tertiary alicyclic amines) is 1. The molecule has 178 valence electrons. The first-order valence-electron chi connectivity index (χ1n) is 10.8. The van der Waals surface area contributed by atoms with Gasteiger partial charge in [0.2, 0.25) is 5.91 Å². The van der Waals surface area contributed by atoms with Gasteiger partial charge in [0.1, 0.15) is 5.60 Å². The van der Waals surface area contributed by atoms with Crippen LogP contribution < -0.4 is 16.2 Å². The summed E-state index contributed by atoms with van der Waals surface area (Å²) in [4.78, 5) is 50.7. The maximum atomic E-state index is 12.9. The van der Waals surface area contributed by atoms with E-state index in [1.54, 1.807) is 32.8 Å². The number of aromatic nitrogens is 1. The summed E-state index contributed by atoms with van der Waals surface area (Å²) < 4.78 is 11.6. The van der Waals surface area contributed by atoms with Gasteiger partial charge in [0, 0.05) is 52.1 Å². The molecule has 0 spiro atoms. The van der Waals surface area contributed by atoms with Crippen LogP contribution in [-0.4, -0.2) is 72.9 Å². The molecular weight excluding hydrogens is 416 g/mol. The van der Waals surface area contributed by atoms with Crippen molar-refractivity contribution in [3.05, 3.63) is 34.2 Å². The third kappa shape index (κ3) is 7.99. The second-order valence-corrected chi connectivity index (χ2v) is 8.75. The minimum Gasteiger partial charge on any atom is -0.444 e. The quantitative estimate of drug-likeness (QED) is 0.570. The van der Waals surface area contributed by atoms with Crippen molar-refractivity contribution in [1.82, 2.24) is 20.1 Å². The summed E-state index contributed by atoms with van der Waals surface area (Å²) in [5.41, 5.74) is -0.375. The Kier molecular flexibility index (Phi) is 9.25. The van der Waals surface area contributed by atoms with Crippen LogP contribution in [0.1, 0.15) is 44.0 Å². The van der Waals surface area contributed by atoms with E-state index in [0.29, 0.717) is 44.6 Å². The number of pyridine rings is 1. The zero-order chi connectivity index (χ0) is 23.7. The Hall–Kier alpha value is -2.88. The fraction of sp³-hybridized carbons (Fsp3) is 0.636. The Labute approximate surface area is 188 Å². The summed E-state index contributed by atoms with van der Waals surface area (Å²) in [6.07, 6.45) is 2.40. The summed E-state index contributed by atoms with van der Waals surface area (Å²) in [6.45, 7) is 7.44. The third-order valence-electron chi connectivity index (χ3n) is 4.94. The van der Waals surface area contributed by atoms with E-state index in [2.05, 4.69) is 10.6 Å². The molecular formula is C22H34N4O6. The Morgan fingerprint density at radius 3 is 2.56 bits per heavy atom. The lowest BCUT2D eigenvalue weighted by Gasteiger charge is -2.32. The molecule has 3 amide bonds. The summed E-state index contributed by atoms with van der Waals surface area (Å²) in [6, 6.07) is 2.88. The number of rotatable bonds is 8. The van der Waals surface area contributed by atoms with E-state index in [9.17, 15) is 19.2 Å². The molecule has 0 aliphatic carbocycles. The van der Waals surface area contributed by atoms with Crippen molar-refractivity contribution in [1.29, 1.82) is 0 Å². The molecule has 10 heteroatoms. The highest BCUT2D eigenvalue weighted by Gasteiger charge is 2.29. The fourth-order valence-electron chi connectivity index (χ4n) is 3.39. The summed E-state index contributed by atoms with van der Waals surface area (Å²) >= 11 is 0. The molecule has 2 heterocycles. The van der Waals surface area contributed by atoms with E-state index < -0.39 is 11.7 Å². The predicted molar refractivity (Wildman–Crippen MR) is 118 cm³/mol. The Morgan fingerprint density at radius 1 is 1.16 bits per heavy atom. The first-order valence-corrected chi connectivity index (χ1v) is 10.8. The second-order valence-electron chi connectivity index (χ2n) is 8.75. The zero-order valence-electron chi connectivity index (χ0n) is 19.3. The minimum atomic E-state index is -0.581. The average molecular weight is 451 g/mol. The van der Waals surface area contributed by atoms with Crippen molar-refractivity contribution >= 4 is 17.9 Å². The molecule has 1 saturated heterocycles. The van der Waals surface area contributed by atoms with E-state index in [4.69, 9.17) is 9.47 Å². The van der Waals surface area contributed by atoms with Gasteiger partial charge in [-0.1, -0.05) is 0 Å². The van der Waals surface area contributed by atoms with Gasteiger partial charge in [0.15, 0.2) is 0 Å². The van der Waals surface area contributed by atoms with Crippen LogP contribution in [0.3, 0.4) is 0 Å². The lowest BCUT2D eigenvalue weighted by molar-refractivity contribution is -0.126. The highest BCUT2D eigenvalue weighted by molar-refractivity contribution is 5.94. The second kappa shape index (κ2) is 11.7. The summed E-state index contributed by atoms with van der Waals surface area (Å²) in [5, 5.41) is 5.40. The number of carbonyl (C=O) groups is 3. The van der Waals surface area contributed by atoms with Crippen LogP contribution in [0.2, 0.25) is 0 Å². The number of nitrogens with zero attached hydrogens (tertiary/aromatic N) is 2. The Morgan fingerprint density at radius 2 is 1.88 bits per heavy atom. The Bertz CT molecular complexity index is 861. The van der Waals surface area contributed by atoms with Crippen LogP contribution >= 0.6 is 0 Å². The molecule has 0 aromatic carbocycles. The molecule has 1 aliphatic heterocycles. The normalized spacial score (nSPS) is 16.4. The van der Waals surface area contributed by atoms with Gasteiger partial charge in [-0.3, -0.25) is 14.4 Å². The smallest absolute Gasteiger partial charge is 0.407 e. The lowest BCUT2D eigenvalue weighted by Crippen LogP contribution is -2.46. The number of piperidine rings is 1. The number of ether oxygens (including phenoxy) is 2. The van der Waals surface area contributed by atoms with Gasteiger partial charge in [0.25, 0.3) is 11.5 Å². The third-order valence-corrected chi connectivity index (χ3v) is 4.94. The average Bonchev–Trinajstić information content (AvgIpc) is 2.74. The number of methoxy groups -OCH3 is 1. The van der Waals surface area contributed by atoms with Crippen LogP contribution in [0.15, 0.2) is 23.1 Å². The standard InChI is InChI=1S/C22H34N4O6/c1-22(2,3)32-21(30)24-10-9-23-19(28)16-6-5-11-26(14-16)20(29)17-7-8-18(27)25(15-17)12-13-31-4/h7-8,15-16H,5-6,9-14H2,1-4H3,(H,23,28)(H,24,30). The van der Waals surface area contributed by atoms with Crippen molar-refractivity contribution < 1.29 is 23.9 Å². The van der Waals surface area contributed by atoms with Crippen molar-refractivity contribution in [2.75, 3.05) is 39.9 Å². The number of hydrogen-bond acceptors (Lipinski definition) is 6. The molecule has 2 N–H and O–H groups in total. The fourth-order valence-corrected chi connectivity index (χ4v) is 3.39. The molecule has 1 aromatic heterocycles. The molecule has 1 atom stereocenters. The van der Waals surface area contributed by atoms with Crippen LogP contribution in [0, 0.1) is 5.92 Å². The molecule has 32 heavy (non-hydrogen) atoms. The van der Waals surface area contributed by atoms with E-state index >= 15 is 0 Å². The zero-order valence-corrected chi connectivity index (χ0v) is 19.3. The molecule has 1 fully saturated rings.